The third-order valence-electron chi connectivity index (χ3n) is 3.09. The molecule has 1 unspecified atom stereocenters. The third-order valence-corrected chi connectivity index (χ3v) is 3.09. The highest BCUT2D eigenvalue weighted by Gasteiger charge is 2.36. The van der Waals surface area contributed by atoms with Crippen molar-refractivity contribution < 1.29 is 9.53 Å². The Morgan fingerprint density at radius 2 is 1.87 bits per heavy atom. The maximum absolute atomic E-state index is 11.9. The maximum atomic E-state index is 11.9. The molecule has 0 aromatic carbocycles. The van der Waals surface area contributed by atoms with E-state index in [-0.39, 0.29) is 11.4 Å². The smallest absolute Gasteiger partial charge is 0.313 e. The number of esters is 1. The van der Waals surface area contributed by atoms with Crippen molar-refractivity contribution in [3.8, 4) is 0 Å². The lowest BCUT2D eigenvalue weighted by Gasteiger charge is -2.29. The van der Waals surface area contributed by atoms with Gasteiger partial charge in [0.1, 0.15) is 6.23 Å². The first-order chi connectivity index (χ1) is 7.02. The van der Waals surface area contributed by atoms with Gasteiger partial charge in [-0.05, 0) is 26.2 Å². The van der Waals surface area contributed by atoms with E-state index in [2.05, 4.69) is 6.92 Å². The lowest BCUT2D eigenvalue weighted by atomic mass is 9.78. The number of ether oxygens (including phenoxy) is 1. The molecule has 0 fully saturated rings. The van der Waals surface area contributed by atoms with Gasteiger partial charge in [-0.2, -0.15) is 0 Å². The Labute approximate surface area is 93.4 Å². The lowest BCUT2D eigenvalue weighted by Crippen LogP contribution is -2.36. The molecule has 0 spiro atoms. The Hall–Kier alpha value is -0.570. The van der Waals surface area contributed by atoms with Crippen molar-refractivity contribution in [3.63, 3.8) is 0 Å². The normalized spacial score (nSPS) is 13.7. The standard InChI is InChI=1S/C12H25NO2/c1-5-8-9-12(6-2,7-3)11(14)15-10(4)13/h10H,5-9,13H2,1-4H3. The fraction of sp³-hybridized carbons (Fsp3) is 0.917. The SMILES string of the molecule is CCCCC(CC)(CC)C(=O)OC(C)N. The Morgan fingerprint density at radius 3 is 2.20 bits per heavy atom. The average molecular weight is 215 g/mol. The van der Waals surface area contributed by atoms with Crippen LogP contribution in [0.1, 0.15) is 59.8 Å². The van der Waals surface area contributed by atoms with Crippen LogP contribution in [0.3, 0.4) is 0 Å². The Balaban J connectivity index is 4.52. The molecule has 15 heavy (non-hydrogen) atoms. The summed E-state index contributed by atoms with van der Waals surface area (Å²) in [5.74, 6) is -0.129. The molecule has 0 amide bonds. The summed E-state index contributed by atoms with van der Waals surface area (Å²) < 4.78 is 5.13. The van der Waals surface area contributed by atoms with Crippen LogP contribution in [0.5, 0.6) is 0 Å². The zero-order valence-electron chi connectivity index (χ0n) is 10.5. The highest BCUT2D eigenvalue weighted by molar-refractivity contribution is 5.76. The molecule has 90 valence electrons. The second-order valence-corrected chi connectivity index (χ2v) is 4.20. The van der Waals surface area contributed by atoms with E-state index in [9.17, 15) is 4.79 Å². The molecule has 0 heterocycles. The summed E-state index contributed by atoms with van der Waals surface area (Å²) in [5, 5.41) is 0. The first kappa shape index (κ1) is 14.4. The van der Waals surface area contributed by atoms with Gasteiger partial charge in [0.05, 0.1) is 5.41 Å². The van der Waals surface area contributed by atoms with E-state index < -0.39 is 6.23 Å². The van der Waals surface area contributed by atoms with Crippen molar-refractivity contribution in [2.75, 3.05) is 0 Å². The molecule has 0 aliphatic rings. The molecular formula is C12H25NO2. The molecule has 2 N–H and O–H groups in total. The topological polar surface area (TPSA) is 52.3 Å². The molecule has 3 heteroatoms. The van der Waals surface area contributed by atoms with Gasteiger partial charge in [0.25, 0.3) is 0 Å². The Morgan fingerprint density at radius 1 is 1.33 bits per heavy atom. The minimum Gasteiger partial charge on any atom is -0.447 e. The minimum absolute atomic E-state index is 0.129. The fourth-order valence-electron chi connectivity index (χ4n) is 1.80. The van der Waals surface area contributed by atoms with E-state index in [1.165, 1.54) is 0 Å². The van der Waals surface area contributed by atoms with Crippen molar-refractivity contribution in [2.24, 2.45) is 11.1 Å². The first-order valence-corrected chi connectivity index (χ1v) is 5.99. The van der Waals surface area contributed by atoms with Crippen LogP contribution in [0, 0.1) is 5.41 Å². The molecular weight excluding hydrogens is 190 g/mol. The fourth-order valence-corrected chi connectivity index (χ4v) is 1.80. The van der Waals surface area contributed by atoms with Crippen molar-refractivity contribution >= 4 is 5.97 Å². The summed E-state index contributed by atoms with van der Waals surface area (Å²) in [6.45, 7) is 7.91. The zero-order chi connectivity index (χ0) is 11.9. The molecule has 0 saturated heterocycles. The molecule has 3 nitrogen and oxygen atoms in total. The van der Waals surface area contributed by atoms with Crippen LogP contribution in [0.2, 0.25) is 0 Å². The van der Waals surface area contributed by atoms with E-state index in [1.807, 2.05) is 13.8 Å². The average Bonchev–Trinajstić information content (AvgIpc) is 2.19. The van der Waals surface area contributed by atoms with Crippen LogP contribution in [0.4, 0.5) is 0 Å². The van der Waals surface area contributed by atoms with Crippen LogP contribution >= 0.6 is 0 Å². The lowest BCUT2D eigenvalue weighted by molar-refractivity contribution is -0.161. The second kappa shape index (κ2) is 6.83. The molecule has 0 aliphatic heterocycles. The zero-order valence-corrected chi connectivity index (χ0v) is 10.5. The summed E-state index contributed by atoms with van der Waals surface area (Å²) in [6.07, 6.45) is 4.23. The van der Waals surface area contributed by atoms with Gasteiger partial charge in [0.15, 0.2) is 0 Å². The van der Waals surface area contributed by atoms with E-state index >= 15 is 0 Å². The minimum atomic E-state index is -0.503. The van der Waals surface area contributed by atoms with Crippen molar-refractivity contribution in [3.05, 3.63) is 0 Å². The molecule has 0 aliphatic carbocycles. The second-order valence-electron chi connectivity index (χ2n) is 4.20. The van der Waals surface area contributed by atoms with E-state index in [4.69, 9.17) is 10.5 Å². The molecule has 0 bridgehead atoms. The molecule has 0 radical (unpaired) electrons. The summed E-state index contributed by atoms with van der Waals surface area (Å²) in [5.41, 5.74) is 5.17. The van der Waals surface area contributed by atoms with Gasteiger partial charge in [-0.3, -0.25) is 10.5 Å². The van der Waals surface area contributed by atoms with E-state index in [0.29, 0.717) is 0 Å². The maximum Gasteiger partial charge on any atom is 0.313 e. The quantitative estimate of drug-likeness (QED) is 0.525. The summed E-state index contributed by atoms with van der Waals surface area (Å²) in [4.78, 5) is 11.9. The Bertz CT molecular complexity index is 186. The summed E-state index contributed by atoms with van der Waals surface area (Å²) in [7, 11) is 0. The molecule has 0 aromatic rings. The van der Waals surface area contributed by atoms with Gasteiger partial charge in [-0.1, -0.05) is 33.6 Å². The summed E-state index contributed by atoms with van der Waals surface area (Å²) >= 11 is 0. The molecule has 0 rings (SSSR count). The monoisotopic (exact) mass is 215 g/mol. The van der Waals surface area contributed by atoms with Crippen molar-refractivity contribution in [1.82, 2.24) is 0 Å². The number of rotatable bonds is 7. The van der Waals surface area contributed by atoms with Crippen LogP contribution in [-0.2, 0) is 9.53 Å². The van der Waals surface area contributed by atoms with Gasteiger partial charge in [0, 0.05) is 0 Å². The number of carbonyl (C=O) groups excluding carboxylic acids is 1. The Kier molecular flexibility index (Phi) is 6.57. The molecule has 0 aromatic heterocycles. The van der Waals surface area contributed by atoms with Crippen molar-refractivity contribution in [2.45, 2.75) is 66.0 Å². The highest BCUT2D eigenvalue weighted by Crippen LogP contribution is 2.34. The number of nitrogens with two attached hydrogens (primary N) is 1. The molecule has 1 atom stereocenters. The number of hydrogen-bond acceptors (Lipinski definition) is 3. The number of carbonyl (C=O) groups is 1. The van der Waals surface area contributed by atoms with E-state index in [0.717, 1.165) is 32.1 Å². The number of hydrogen-bond donors (Lipinski definition) is 1. The van der Waals surface area contributed by atoms with Gasteiger partial charge in [-0.25, -0.2) is 0 Å². The summed E-state index contributed by atoms with van der Waals surface area (Å²) in [6, 6.07) is 0. The van der Waals surface area contributed by atoms with Crippen molar-refractivity contribution in [1.29, 1.82) is 0 Å². The van der Waals surface area contributed by atoms with E-state index in [1.54, 1.807) is 6.92 Å². The largest absolute Gasteiger partial charge is 0.447 e. The molecule has 0 saturated carbocycles. The third kappa shape index (κ3) is 4.20. The van der Waals surface area contributed by atoms with Gasteiger partial charge >= 0.3 is 5.97 Å². The van der Waals surface area contributed by atoms with Crippen LogP contribution in [0.15, 0.2) is 0 Å². The van der Waals surface area contributed by atoms with Gasteiger partial charge in [0.2, 0.25) is 0 Å². The van der Waals surface area contributed by atoms with Crippen LogP contribution in [0.25, 0.3) is 0 Å². The van der Waals surface area contributed by atoms with Crippen LogP contribution < -0.4 is 5.73 Å². The van der Waals surface area contributed by atoms with Gasteiger partial charge in [-0.15, -0.1) is 0 Å². The van der Waals surface area contributed by atoms with Crippen LogP contribution in [-0.4, -0.2) is 12.2 Å². The first-order valence-electron chi connectivity index (χ1n) is 5.99. The predicted molar refractivity (Wildman–Crippen MR) is 62.3 cm³/mol. The highest BCUT2D eigenvalue weighted by atomic mass is 16.6. The predicted octanol–water partition coefficient (Wildman–Crippen LogP) is 2.83. The number of unbranched alkanes of at least 4 members (excludes halogenated alkanes) is 1. The van der Waals surface area contributed by atoms with Gasteiger partial charge < -0.3 is 4.74 Å².